The minimum atomic E-state index is -0.114. The van der Waals surface area contributed by atoms with E-state index in [1.807, 2.05) is 12.1 Å². The molecule has 2 N–H and O–H groups in total. The largest absolute Gasteiger partial charge is 0.338 e. The first-order valence-corrected chi connectivity index (χ1v) is 8.34. The molecule has 1 aliphatic rings. The predicted octanol–water partition coefficient (Wildman–Crippen LogP) is 4.00. The van der Waals surface area contributed by atoms with E-state index in [4.69, 9.17) is 10.3 Å². The molecule has 0 spiro atoms. The zero-order valence-corrected chi connectivity index (χ0v) is 13.6. The van der Waals surface area contributed by atoms with Crippen LogP contribution in [0.4, 0.5) is 0 Å². The number of aromatic nitrogens is 2. The van der Waals surface area contributed by atoms with Gasteiger partial charge in [0.25, 0.3) is 0 Å². The molecule has 1 heterocycles. The van der Waals surface area contributed by atoms with Crippen molar-refractivity contribution in [1.29, 1.82) is 0 Å². The van der Waals surface area contributed by atoms with Gasteiger partial charge in [-0.15, -0.1) is 0 Å². The van der Waals surface area contributed by atoms with Crippen LogP contribution in [0.5, 0.6) is 0 Å². The maximum atomic E-state index is 6.29. The summed E-state index contributed by atoms with van der Waals surface area (Å²) in [5.74, 6) is 1.78. The minimum absolute atomic E-state index is 0.114. The van der Waals surface area contributed by atoms with Crippen LogP contribution in [0.15, 0.2) is 33.3 Å². The topological polar surface area (TPSA) is 64.9 Å². The quantitative estimate of drug-likeness (QED) is 0.905. The Balaban J connectivity index is 1.66. The first-order valence-electron chi connectivity index (χ1n) is 7.55. The Morgan fingerprint density at radius 2 is 1.90 bits per heavy atom. The van der Waals surface area contributed by atoms with E-state index in [2.05, 4.69) is 38.2 Å². The molecule has 1 aromatic carbocycles. The van der Waals surface area contributed by atoms with Crippen LogP contribution in [0.25, 0.3) is 0 Å². The van der Waals surface area contributed by atoms with Gasteiger partial charge in [0.15, 0.2) is 5.82 Å². The Hall–Kier alpha value is -1.20. The average molecular weight is 350 g/mol. The fourth-order valence-corrected chi connectivity index (χ4v) is 3.22. The van der Waals surface area contributed by atoms with Gasteiger partial charge in [0, 0.05) is 10.9 Å². The van der Waals surface area contributed by atoms with Crippen molar-refractivity contribution in [3.63, 3.8) is 0 Å². The van der Waals surface area contributed by atoms with Gasteiger partial charge in [-0.1, -0.05) is 52.5 Å². The molecular weight excluding hydrogens is 330 g/mol. The number of halogens is 1. The Kier molecular flexibility index (Phi) is 4.70. The lowest BCUT2D eigenvalue weighted by molar-refractivity contribution is 0.255. The monoisotopic (exact) mass is 349 g/mol. The lowest BCUT2D eigenvalue weighted by Crippen LogP contribution is -2.23. The molecule has 1 fully saturated rings. The third kappa shape index (κ3) is 3.71. The SMILES string of the molecule is NC(c1nc(Cc2ccc(Br)cc2)no1)C1CCCCC1. The molecule has 2 aromatic rings. The molecule has 1 saturated carbocycles. The van der Waals surface area contributed by atoms with Gasteiger partial charge in [0.05, 0.1) is 6.04 Å². The lowest BCUT2D eigenvalue weighted by atomic mass is 9.84. The van der Waals surface area contributed by atoms with Crippen molar-refractivity contribution in [1.82, 2.24) is 10.1 Å². The molecule has 112 valence electrons. The second-order valence-electron chi connectivity index (χ2n) is 5.78. The van der Waals surface area contributed by atoms with Gasteiger partial charge in [-0.25, -0.2) is 0 Å². The zero-order valence-electron chi connectivity index (χ0n) is 12.0. The molecule has 0 saturated heterocycles. The fraction of sp³-hybridized carbons (Fsp3) is 0.500. The van der Waals surface area contributed by atoms with Gasteiger partial charge in [-0.3, -0.25) is 0 Å². The number of rotatable bonds is 4. The van der Waals surface area contributed by atoms with Gasteiger partial charge in [0.1, 0.15) is 0 Å². The van der Waals surface area contributed by atoms with Crippen LogP contribution < -0.4 is 5.73 Å². The molecule has 3 rings (SSSR count). The van der Waals surface area contributed by atoms with E-state index in [1.54, 1.807) is 0 Å². The maximum Gasteiger partial charge on any atom is 0.243 e. The smallest absolute Gasteiger partial charge is 0.243 e. The van der Waals surface area contributed by atoms with Crippen molar-refractivity contribution in [2.75, 3.05) is 0 Å². The average Bonchev–Trinajstić information content (AvgIpc) is 2.98. The molecule has 1 unspecified atom stereocenters. The lowest BCUT2D eigenvalue weighted by Gasteiger charge is -2.24. The van der Waals surface area contributed by atoms with Crippen LogP contribution >= 0.6 is 15.9 Å². The van der Waals surface area contributed by atoms with Gasteiger partial charge in [-0.2, -0.15) is 4.98 Å². The predicted molar refractivity (Wildman–Crippen MR) is 84.7 cm³/mol. The van der Waals surface area contributed by atoms with Gasteiger partial charge >= 0.3 is 0 Å². The van der Waals surface area contributed by atoms with Crippen molar-refractivity contribution in [2.45, 2.75) is 44.6 Å². The van der Waals surface area contributed by atoms with Crippen molar-refractivity contribution >= 4 is 15.9 Å². The van der Waals surface area contributed by atoms with E-state index in [-0.39, 0.29) is 6.04 Å². The van der Waals surface area contributed by atoms with Crippen LogP contribution in [0, 0.1) is 5.92 Å². The number of nitrogens with two attached hydrogens (primary N) is 1. The van der Waals surface area contributed by atoms with Crippen molar-refractivity contribution in [3.05, 3.63) is 46.0 Å². The minimum Gasteiger partial charge on any atom is -0.338 e. The Morgan fingerprint density at radius 3 is 2.62 bits per heavy atom. The summed E-state index contributed by atoms with van der Waals surface area (Å²) in [4.78, 5) is 4.49. The third-order valence-electron chi connectivity index (χ3n) is 4.20. The summed E-state index contributed by atoms with van der Waals surface area (Å²) in [6.07, 6.45) is 6.86. The second kappa shape index (κ2) is 6.71. The standard InChI is InChI=1S/C16H20BrN3O/c17-13-8-6-11(7-9-13)10-14-19-16(21-20-14)15(18)12-4-2-1-3-5-12/h6-9,12,15H,1-5,10,18H2. The van der Waals surface area contributed by atoms with E-state index in [0.29, 0.717) is 24.1 Å². The maximum absolute atomic E-state index is 6.29. The molecule has 1 atom stereocenters. The molecular formula is C16H20BrN3O. The number of hydrogen-bond donors (Lipinski definition) is 1. The molecule has 4 nitrogen and oxygen atoms in total. The summed E-state index contributed by atoms with van der Waals surface area (Å²) in [7, 11) is 0. The van der Waals surface area contributed by atoms with E-state index in [0.717, 1.165) is 10.0 Å². The Labute approximate surface area is 133 Å². The summed E-state index contributed by atoms with van der Waals surface area (Å²) in [5, 5.41) is 4.07. The first-order chi connectivity index (χ1) is 10.2. The first kappa shape index (κ1) is 14.7. The molecule has 0 bridgehead atoms. The fourth-order valence-electron chi connectivity index (χ4n) is 2.95. The molecule has 0 aliphatic heterocycles. The molecule has 0 radical (unpaired) electrons. The number of benzene rings is 1. The van der Waals surface area contributed by atoms with E-state index in [9.17, 15) is 0 Å². The van der Waals surface area contributed by atoms with E-state index < -0.39 is 0 Å². The van der Waals surface area contributed by atoms with Crippen molar-refractivity contribution < 1.29 is 4.52 Å². The van der Waals surface area contributed by atoms with Crippen LogP contribution in [0.3, 0.4) is 0 Å². The highest BCUT2D eigenvalue weighted by Gasteiger charge is 2.26. The highest BCUT2D eigenvalue weighted by Crippen LogP contribution is 2.32. The summed E-state index contributed by atoms with van der Waals surface area (Å²) in [6.45, 7) is 0. The third-order valence-corrected chi connectivity index (χ3v) is 4.73. The van der Waals surface area contributed by atoms with Gasteiger partial charge < -0.3 is 10.3 Å². The highest BCUT2D eigenvalue weighted by molar-refractivity contribution is 9.10. The van der Waals surface area contributed by atoms with Crippen molar-refractivity contribution in [2.24, 2.45) is 11.7 Å². The summed E-state index contributed by atoms with van der Waals surface area (Å²) in [5.41, 5.74) is 7.46. The Bertz CT molecular complexity index is 575. The molecule has 5 heteroatoms. The second-order valence-corrected chi connectivity index (χ2v) is 6.69. The molecule has 1 aromatic heterocycles. The van der Waals surface area contributed by atoms with E-state index >= 15 is 0 Å². The van der Waals surface area contributed by atoms with E-state index in [1.165, 1.54) is 32.1 Å². The highest BCUT2D eigenvalue weighted by atomic mass is 79.9. The normalized spacial score (nSPS) is 17.8. The number of nitrogens with zero attached hydrogens (tertiary/aromatic N) is 2. The van der Waals surface area contributed by atoms with Gasteiger partial charge in [-0.05, 0) is 36.5 Å². The molecule has 1 aliphatic carbocycles. The van der Waals surface area contributed by atoms with Gasteiger partial charge in [0.2, 0.25) is 5.89 Å². The molecule has 21 heavy (non-hydrogen) atoms. The van der Waals surface area contributed by atoms with Crippen LogP contribution in [0.1, 0.15) is 55.4 Å². The summed E-state index contributed by atoms with van der Waals surface area (Å²) >= 11 is 3.43. The number of hydrogen-bond acceptors (Lipinski definition) is 4. The van der Waals surface area contributed by atoms with Crippen LogP contribution in [-0.2, 0) is 6.42 Å². The summed E-state index contributed by atoms with van der Waals surface area (Å²) < 4.78 is 6.45. The molecule has 0 amide bonds. The summed E-state index contributed by atoms with van der Waals surface area (Å²) in [6, 6.07) is 8.03. The zero-order chi connectivity index (χ0) is 14.7. The van der Waals surface area contributed by atoms with Crippen LogP contribution in [-0.4, -0.2) is 10.1 Å². The Morgan fingerprint density at radius 1 is 1.19 bits per heavy atom. The van der Waals surface area contributed by atoms with Crippen molar-refractivity contribution in [3.8, 4) is 0 Å². The van der Waals surface area contributed by atoms with Crippen LogP contribution in [0.2, 0.25) is 0 Å².